The monoisotopic (exact) mass is 1260 g/mol. The zero-order valence-corrected chi connectivity index (χ0v) is 53.7. The van der Waals surface area contributed by atoms with Crippen molar-refractivity contribution in [1.29, 1.82) is 0 Å². The number of likely N-dealkylation sites (N-methyl/N-ethyl adjacent to an activating group) is 2. The molecule has 6 aromatic rings. The first-order chi connectivity index (χ1) is 42.1. The van der Waals surface area contributed by atoms with E-state index in [1.54, 1.807) is 69.0 Å². The molecule has 0 bridgehead atoms. The Bertz CT molecular complexity index is 3250. The molecular formula is C66H84N2O18S2. The van der Waals surface area contributed by atoms with Crippen LogP contribution in [0.4, 0.5) is 0 Å². The number of carbonyl (C=O) groups is 2. The van der Waals surface area contributed by atoms with Crippen molar-refractivity contribution in [3.05, 3.63) is 155 Å². The van der Waals surface area contributed by atoms with Crippen LogP contribution in [0.1, 0.15) is 84.0 Å². The summed E-state index contributed by atoms with van der Waals surface area (Å²) in [6.45, 7) is 3.70. The van der Waals surface area contributed by atoms with Gasteiger partial charge in [0.1, 0.15) is 32.3 Å². The summed E-state index contributed by atoms with van der Waals surface area (Å²) >= 11 is 0. The van der Waals surface area contributed by atoms with Crippen LogP contribution in [-0.2, 0) is 65.0 Å². The molecule has 2 heterocycles. The van der Waals surface area contributed by atoms with E-state index in [0.29, 0.717) is 94.1 Å². The smallest absolute Gasteiger partial charge is 0.311 e. The molecule has 0 saturated carbocycles. The van der Waals surface area contributed by atoms with Gasteiger partial charge in [0.05, 0.1) is 133 Å². The van der Waals surface area contributed by atoms with E-state index in [1.165, 1.54) is 70.8 Å². The zero-order valence-electron chi connectivity index (χ0n) is 52.1. The Morgan fingerprint density at radius 3 is 1.06 bits per heavy atom. The third kappa shape index (κ3) is 19.0. The van der Waals surface area contributed by atoms with E-state index in [1.807, 2.05) is 24.3 Å². The van der Waals surface area contributed by atoms with Crippen molar-refractivity contribution < 1.29 is 91.9 Å². The third-order valence-corrected chi connectivity index (χ3v) is 18.0. The van der Waals surface area contributed by atoms with Gasteiger partial charge >= 0.3 is 11.9 Å². The van der Waals surface area contributed by atoms with Crippen LogP contribution in [0.3, 0.4) is 0 Å². The molecule has 6 aromatic carbocycles. The molecule has 0 saturated heterocycles. The van der Waals surface area contributed by atoms with Gasteiger partial charge in [-0.1, -0.05) is 48.5 Å². The molecule has 0 unspecified atom stereocenters. The summed E-state index contributed by atoms with van der Waals surface area (Å²) < 4.78 is 120. The molecular weight excluding hydrogens is 1170 g/mol. The summed E-state index contributed by atoms with van der Waals surface area (Å²) in [5.74, 6) is 5.13. The van der Waals surface area contributed by atoms with Crippen LogP contribution < -0.4 is 37.9 Å². The largest absolute Gasteiger partial charge is 0.744 e. The summed E-state index contributed by atoms with van der Waals surface area (Å²) in [6.07, 6.45) is 7.00. The minimum absolute atomic E-state index is 0.0484. The highest BCUT2D eigenvalue weighted by Gasteiger charge is 2.42. The Morgan fingerprint density at radius 1 is 0.432 bits per heavy atom. The van der Waals surface area contributed by atoms with E-state index in [9.17, 15) is 35.5 Å². The quantitative estimate of drug-likeness (QED) is 0.0202. The maximum atomic E-state index is 13.2. The fourth-order valence-electron chi connectivity index (χ4n) is 11.3. The van der Waals surface area contributed by atoms with Gasteiger partial charge < -0.3 is 65.4 Å². The van der Waals surface area contributed by atoms with Gasteiger partial charge in [-0.2, -0.15) is 0 Å². The predicted molar refractivity (Wildman–Crippen MR) is 329 cm³/mol. The van der Waals surface area contributed by atoms with Gasteiger partial charge in [0.2, 0.25) is 0 Å². The van der Waals surface area contributed by atoms with Gasteiger partial charge in [-0.25, -0.2) is 16.8 Å². The summed E-state index contributed by atoms with van der Waals surface area (Å²) in [5, 5.41) is 0. The number of carbonyl (C=O) groups excluding carboxylic acids is 2. The average Bonchev–Trinajstić information content (AvgIpc) is 1.21. The number of benzene rings is 6. The lowest BCUT2D eigenvalue weighted by Crippen LogP contribution is -2.53. The number of fused-ring (bicyclic) bond motifs is 2. The molecule has 20 nitrogen and oxygen atoms in total. The normalized spacial score (nSPS) is 17.6. The lowest BCUT2D eigenvalue weighted by Gasteiger charge is -2.46. The maximum absolute atomic E-state index is 13.2. The van der Waals surface area contributed by atoms with Crippen LogP contribution in [0.25, 0.3) is 0 Å². The van der Waals surface area contributed by atoms with Crippen LogP contribution in [0.15, 0.2) is 131 Å². The highest BCUT2D eigenvalue weighted by atomic mass is 32.2. The lowest BCUT2D eigenvalue weighted by molar-refractivity contribution is -0.940. The van der Waals surface area contributed by atoms with E-state index in [4.69, 9.17) is 47.4 Å². The summed E-state index contributed by atoms with van der Waals surface area (Å²) in [5.41, 5.74) is 7.04. The van der Waals surface area contributed by atoms with Crippen LogP contribution in [0.5, 0.6) is 46.0 Å². The summed E-state index contributed by atoms with van der Waals surface area (Å²) in [4.78, 5) is 26.0. The average molecular weight is 1260 g/mol. The van der Waals surface area contributed by atoms with Gasteiger partial charge in [-0.15, -0.1) is 0 Å². The third-order valence-electron chi connectivity index (χ3n) is 16.3. The number of ether oxygens (including phenoxy) is 10. The van der Waals surface area contributed by atoms with Crippen LogP contribution in [0, 0.1) is 0 Å². The standard InChI is InChI=1S/C54H74N2O12.2C6H6O3S/c1-55(23-19-39-33-49(63-7)51(65-9)35-41(39)43(55)29-37-15-17-45(59-3)47(31-37)61-5)25-21-53(57)67-27-13-11-12-14-28-68-54(58)22-26-56(2)24-20-40-34-50(64-8)52(66-10)36-42(40)44(56)30-38-16-18-46(60-4)48(32-38)62-6;2*7-10(8,9)6-4-2-1-3-5-6/h15-18,31-36,43-44H,11-14,19-30H2,1-10H3;2*1-5H,(H,7,8,9)/q+2;;/p-2/t43-,44-,55-,56+;;/m1../s1. The van der Waals surface area contributed by atoms with E-state index < -0.39 is 20.2 Å². The Hall–Kier alpha value is -7.60. The molecule has 0 N–H and O–H groups in total. The van der Waals surface area contributed by atoms with Crippen molar-refractivity contribution >= 4 is 32.2 Å². The second-order valence-corrected chi connectivity index (χ2v) is 24.6. The topological polar surface area (TPSA) is 241 Å². The Kier molecular flexibility index (Phi) is 25.7. The SMILES string of the molecule is COc1ccc(C[C@@H]2c3cc(OC)c(OC)cc3CC[N@+]2(C)CCC(=O)OCCCCCCOC(=O)CC[N@+]2(C)CCc3cc(OC)c(OC)cc3[C@H]2Cc2ccc(OC)c(OC)c2)cc1OC.O=S(=O)([O-])c1ccccc1.O=S(=O)([O-])c1ccccc1. The fraction of sp³-hybridized carbons (Fsp3) is 0.424. The molecule has 0 aromatic heterocycles. The molecule has 2 aliphatic rings. The lowest BCUT2D eigenvalue weighted by atomic mass is 9.86. The first-order valence-electron chi connectivity index (χ1n) is 29.0. The molecule has 0 aliphatic carbocycles. The number of rotatable bonds is 27. The highest BCUT2D eigenvalue weighted by molar-refractivity contribution is 7.86. The zero-order chi connectivity index (χ0) is 64.1. The number of nitrogens with zero attached hydrogens (tertiary/aromatic N) is 2. The van der Waals surface area contributed by atoms with E-state index in [2.05, 4.69) is 50.5 Å². The fourth-order valence-corrected chi connectivity index (χ4v) is 12.2. The van der Waals surface area contributed by atoms with Crippen molar-refractivity contribution in [1.82, 2.24) is 0 Å². The molecule has 0 spiro atoms. The number of hydrogen-bond donors (Lipinski definition) is 0. The van der Waals surface area contributed by atoms with Gasteiger partial charge in [-0.05, 0) is 121 Å². The second-order valence-electron chi connectivity index (χ2n) is 21.9. The number of quaternary nitrogens is 2. The number of esters is 2. The van der Waals surface area contributed by atoms with Crippen molar-refractivity contribution in [2.45, 2.75) is 86.1 Å². The molecule has 0 radical (unpaired) electrons. The molecule has 478 valence electrons. The number of unbranched alkanes of at least 4 members (excludes halogenated alkanes) is 3. The van der Waals surface area contributed by atoms with Gasteiger partial charge in [0.25, 0.3) is 0 Å². The minimum atomic E-state index is -4.25. The van der Waals surface area contributed by atoms with Crippen LogP contribution >= 0.6 is 0 Å². The van der Waals surface area contributed by atoms with Crippen molar-refractivity contribution in [3.8, 4) is 46.0 Å². The van der Waals surface area contributed by atoms with Crippen molar-refractivity contribution in [3.63, 3.8) is 0 Å². The Morgan fingerprint density at radius 2 is 0.750 bits per heavy atom. The van der Waals surface area contributed by atoms with E-state index in [0.717, 1.165) is 75.6 Å². The summed E-state index contributed by atoms with van der Waals surface area (Å²) in [6, 6.07) is 34.9. The van der Waals surface area contributed by atoms with Crippen molar-refractivity contribution in [2.75, 3.05) is 110 Å². The Labute approximate surface area is 518 Å². The highest BCUT2D eigenvalue weighted by Crippen LogP contribution is 2.45. The molecule has 8 rings (SSSR count). The van der Waals surface area contributed by atoms with Crippen LogP contribution in [0.2, 0.25) is 0 Å². The first-order valence-corrected chi connectivity index (χ1v) is 31.8. The number of hydrogen-bond acceptors (Lipinski definition) is 18. The minimum Gasteiger partial charge on any atom is -0.744 e. The molecule has 88 heavy (non-hydrogen) atoms. The summed E-state index contributed by atoms with van der Waals surface area (Å²) in [7, 11) is 9.14. The number of methoxy groups -OCH3 is 8. The van der Waals surface area contributed by atoms with Gasteiger partial charge in [0, 0.05) is 36.8 Å². The van der Waals surface area contributed by atoms with E-state index in [-0.39, 0.29) is 33.8 Å². The van der Waals surface area contributed by atoms with Crippen LogP contribution in [-0.4, -0.2) is 157 Å². The van der Waals surface area contributed by atoms with Gasteiger partial charge in [0.15, 0.2) is 46.0 Å². The molecule has 22 heteroatoms. The van der Waals surface area contributed by atoms with Gasteiger partial charge in [-0.3, -0.25) is 9.59 Å². The van der Waals surface area contributed by atoms with Crippen molar-refractivity contribution in [2.24, 2.45) is 0 Å². The molecule has 4 atom stereocenters. The predicted octanol–water partition coefficient (Wildman–Crippen LogP) is 9.64. The first kappa shape index (κ1) is 69.5. The second kappa shape index (κ2) is 32.6. The molecule has 0 amide bonds. The van der Waals surface area contributed by atoms with E-state index >= 15 is 0 Å². The molecule has 0 fully saturated rings. The maximum Gasteiger partial charge on any atom is 0.311 e. The Balaban J connectivity index is 0.000000519. The molecule has 2 aliphatic heterocycles.